The fraction of sp³-hybridized carbons (Fsp3) is 0.417. The molecule has 0 aromatic heterocycles. The molecular formula is C12H16ClNO5S. The lowest BCUT2D eigenvalue weighted by atomic mass is 10.1. The molecule has 0 fully saturated rings. The topological polar surface area (TPSA) is 92.7 Å². The first kappa shape index (κ1) is 16.7. The molecule has 0 saturated carbocycles. The van der Waals surface area contributed by atoms with Gasteiger partial charge in [-0.05, 0) is 24.1 Å². The van der Waals surface area contributed by atoms with Crippen LogP contribution in [0.25, 0.3) is 0 Å². The fourth-order valence-electron chi connectivity index (χ4n) is 1.52. The summed E-state index contributed by atoms with van der Waals surface area (Å²) >= 11 is 5.86. The molecule has 0 unspecified atom stereocenters. The van der Waals surface area contributed by atoms with Gasteiger partial charge in [-0.15, -0.1) is 0 Å². The molecular weight excluding hydrogens is 306 g/mol. The van der Waals surface area contributed by atoms with E-state index < -0.39 is 28.0 Å². The van der Waals surface area contributed by atoms with E-state index in [1.807, 2.05) is 0 Å². The lowest BCUT2D eigenvalue weighted by molar-refractivity contribution is -0.140. The van der Waals surface area contributed by atoms with Crippen LogP contribution >= 0.6 is 11.6 Å². The van der Waals surface area contributed by atoms with Crippen LogP contribution in [0.1, 0.15) is 13.8 Å². The van der Waals surface area contributed by atoms with Gasteiger partial charge in [0.1, 0.15) is 11.8 Å². The van der Waals surface area contributed by atoms with Crippen molar-refractivity contribution in [2.75, 3.05) is 7.11 Å². The number of carboxylic acid groups (broad SMARTS) is 1. The summed E-state index contributed by atoms with van der Waals surface area (Å²) < 4.78 is 31.3. The van der Waals surface area contributed by atoms with Crippen molar-refractivity contribution in [2.45, 2.75) is 24.8 Å². The third-order valence-corrected chi connectivity index (χ3v) is 4.38. The highest BCUT2D eigenvalue weighted by molar-refractivity contribution is 7.89. The van der Waals surface area contributed by atoms with Crippen molar-refractivity contribution in [3.63, 3.8) is 0 Å². The van der Waals surface area contributed by atoms with Crippen molar-refractivity contribution in [3.8, 4) is 5.75 Å². The summed E-state index contributed by atoms with van der Waals surface area (Å²) in [5.74, 6) is -1.29. The molecule has 0 aliphatic heterocycles. The van der Waals surface area contributed by atoms with Crippen LogP contribution in [0, 0.1) is 5.92 Å². The van der Waals surface area contributed by atoms with Gasteiger partial charge in [0.05, 0.1) is 17.0 Å². The minimum atomic E-state index is -3.97. The van der Waals surface area contributed by atoms with Crippen molar-refractivity contribution >= 4 is 27.6 Å². The SMILES string of the molecule is COc1ccc(S(=O)(=O)N[C@@H](C(=O)O)C(C)C)cc1Cl. The predicted molar refractivity (Wildman–Crippen MR) is 74.6 cm³/mol. The summed E-state index contributed by atoms with van der Waals surface area (Å²) in [5, 5.41) is 9.15. The van der Waals surface area contributed by atoms with E-state index in [9.17, 15) is 13.2 Å². The molecule has 1 rings (SSSR count). The third kappa shape index (κ3) is 3.84. The first-order valence-electron chi connectivity index (χ1n) is 5.77. The van der Waals surface area contributed by atoms with E-state index in [2.05, 4.69) is 4.72 Å². The Morgan fingerprint density at radius 1 is 1.40 bits per heavy atom. The standard InChI is InChI=1S/C12H16ClNO5S/c1-7(2)11(12(15)16)14-20(17,18)8-4-5-10(19-3)9(13)6-8/h4-7,11,14H,1-3H3,(H,15,16)/t11-/m1/s1. The highest BCUT2D eigenvalue weighted by Crippen LogP contribution is 2.27. The molecule has 6 nitrogen and oxygen atoms in total. The van der Waals surface area contributed by atoms with Crippen molar-refractivity contribution in [1.82, 2.24) is 4.72 Å². The summed E-state index contributed by atoms with van der Waals surface area (Å²) in [5.41, 5.74) is 0. The molecule has 0 aliphatic carbocycles. The summed E-state index contributed by atoms with van der Waals surface area (Å²) in [4.78, 5) is 10.9. The van der Waals surface area contributed by atoms with Crippen molar-refractivity contribution < 1.29 is 23.1 Å². The van der Waals surface area contributed by atoms with E-state index in [0.717, 1.165) is 0 Å². The first-order chi connectivity index (χ1) is 9.19. The Labute approximate surface area is 122 Å². The van der Waals surface area contributed by atoms with E-state index in [1.54, 1.807) is 13.8 Å². The summed E-state index contributed by atoms with van der Waals surface area (Å²) in [6.07, 6.45) is 0. The second-order valence-corrected chi connectivity index (χ2v) is 6.60. The van der Waals surface area contributed by atoms with Crippen LogP contribution in [-0.4, -0.2) is 32.6 Å². The first-order valence-corrected chi connectivity index (χ1v) is 7.64. The predicted octanol–water partition coefficient (Wildman–Crippen LogP) is 1.74. The second-order valence-electron chi connectivity index (χ2n) is 4.48. The number of nitrogens with one attached hydrogen (secondary N) is 1. The molecule has 8 heteroatoms. The van der Waals surface area contributed by atoms with Crippen LogP contribution < -0.4 is 9.46 Å². The van der Waals surface area contributed by atoms with Crippen LogP contribution in [0.5, 0.6) is 5.75 Å². The third-order valence-electron chi connectivity index (χ3n) is 2.65. The van der Waals surface area contributed by atoms with Crippen molar-refractivity contribution in [1.29, 1.82) is 0 Å². The van der Waals surface area contributed by atoms with E-state index in [4.69, 9.17) is 21.4 Å². The molecule has 1 aromatic carbocycles. The molecule has 112 valence electrons. The fourth-order valence-corrected chi connectivity index (χ4v) is 3.21. The minimum Gasteiger partial charge on any atom is -0.495 e. The average molecular weight is 322 g/mol. The highest BCUT2D eigenvalue weighted by atomic mass is 35.5. The largest absolute Gasteiger partial charge is 0.495 e. The van der Waals surface area contributed by atoms with Crippen molar-refractivity contribution in [2.24, 2.45) is 5.92 Å². The van der Waals surface area contributed by atoms with Gasteiger partial charge >= 0.3 is 5.97 Å². The number of sulfonamides is 1. The number of hydrogen-bond donors (Lipinski definition) is 2. The van der Waals surface area contributed by atoms with E-state index in [-0.39, 0.29) is 9.92 Å². The average Bonchev–Trinajstić information content (AvgIpc) is 2.35. The molecule has 1 aromatic rings. The number of carboxylic acids is 1. The number of aliphatic carboxylic acids is 1. The van der Waals surface area contributed by atoms with Gasteiger partial charge in [0.2, 0.25) is 10.0 Å². The molecule has 0 aliphatic rings. The molecule has 0 saturated heterocycles. The molecule has 2 N–H and O–H groups in total. The van der Waals surface area contributed by atoms with Gasteiger partial charge in [-0.1, -0.05) is 25.4 Å². The zero-order chi connectivity index (χ0) is 15.5. The van der Waals surface area contributed by atoms with Gasteiger partial charge in [0.15, 0.2) is 0 Å². The van der Waals surface area contributed by atoms with Crippen LogP contribution in [0.2, 0.25) is 5.02 Å². The van der Waals surface area contributed by atoms with E-state index in [1.165, 1.54) is 25.3 Å². The number of halogens is 1. The number of ether oxygens (including phenoxy) is 1. The summed E-state index contributed by atoms with van der Waals surface area (Å²) in [7, 11) is -2.56. The number of carbonyl (C=O) groups is 1. The maximum absolute atomic E-state index is 12.1. The zero-order valence-electron chi connectivity index (χ0n) is 11.3. The van der Waals surface area contributed by atoms with Gasteiger partial charge in [-0.3, -0.25) is 4.79 Å². The normalized spacial score (nSPS) is 13.2. The minimum absolute atomic E-state index is 0.116. The molecule has 0 spiro atoms. The lowest BCUT2D eigenvalue weighted by Crippen LogP contribution is -2.44. The van der Waals surface area contributed by atoms with Gasteiger partial charge in [-0.2, -0.15) is 4.72 Å². The van der Waals surface area contributed by atoms with Gasteiger partial charge in [-0.25, -0.2) is 8.42 Å². The molecule has 0 heterocycles. The second kappa shape index (κ2) is 6.43. The van der Waals surface area contributed by atoms with E-state index in [0.29, 0.717) is 5.75 Å². The van der Waals surface area contributed by atoms with Gasteiger partial charge < -0.3 is 9.84 Å². The Morgan fingerprint density at radius 2 is 2.00 bits per heavy atom. The smallest absolute Gasteiger partial charge is 0.322 e. The zero-order valence-corrected chi connectivity index (χ0v) is 12.8. The summed E-state index contributed by atoms with van der Waals surface area (Å²) in [6.45, 7) is 3.23. The van der Waals surface area contributed by atoms with Crippen molar-refractivity contribution in [3.05, 3.63) is 23.2 Å². The number of rotatable bonds is 6. The number of methoxy groups -OCH3 is 1. The van der Waals surface area contributed by atoms with E-state index >= 15 is 0 Å². The highest BCUT2D eigenvalue weighted by Gasteiger charge is 2.28. The lowest BCUT2D eigenvalue weighted by Gasteiger charge is -2.18. The number of benzene rings is 1. The number of hydrogen-bond acceptors (Lipinski definition) is 4. The Kier molecular flexibility index (Phi) is 5.38. The maximum atomic E-state index is 12.1. The van der Waals surface area contributed by atoms with Gasteiger partial charge in [0, 0.05) is 0 Å². The molecule has 1 atom stereocenters. The van der Waals surface area contributed by atoms with Crippen LogP contribution in [0.3, 0.4) is 0 Å². The molecule has 0 amide bonds. The van der Waals surface area contributed by atoms with Gasteiger partial charge in [0.25, 0.3) is 0 Å². The molecule has 0 bridgehead atoms. The Morgan fingerprint density at radius 3 is 2.40 bits per heavy atom. The summed E-state index contributed by atoms with van der Waals surface area (Å²) in [6, 6.07) is 2.71. The van der Waals surface area contributed by atoms with Crippen LogP contribution in [0.15, 0.2) is 23.1 Å². The van der Waals surface area contributed by atoms with Crippen LogP contribution in [0.4, 0.5) is 0 Å². The maximum Gasteiger partial charge on any atom is 0.322 e. The molecule has 20 heavy (non-hydrogen) atoms. The Bertz CT molecular complexity index is 600. The Balaban J connectivity index is 3.11. The monoisotopic (exact) mass is 321 g/mol. The Hall–Kier alpha value is -1.31. The quantitative estimate of drug-likeness (QED) is 0.832. The molecule has 0 radical (unpaired) electrons. The van der Waals surface area contributed by atoms with Crippen LogP contribution in [-0.2, 0) is 14.8 Å².